The van der Waals surface area contributed by atoms with Crippen LogP contribution < -0.4 is 0 Å². The number of carbonyl (C=O) groups is 2. The Hall–Kier alpha value is -2.98. The molecule has 9 heteroatoms. The van der Waals surface area contributed by atoms with Crippen molar-refractivity contribution in [2.75, 3.05) is 13.1 Å². The molecule has 2 N–H and O–H groups in total. The minimum absolute atomic E-state index is 0.00818. The van der Waals surface area contributed by atoms with Gasteiger partial charge in [-0.3, -0.25) is 19.4 Å². The monoisotopic (exact) mass is 600 g/mol. The number of nitrogens with zero attached hydrogens (tertiary/aromatic N) is 2. The van der Waals surface area contributed by atoms with Crippen molar-refractivity contribution >= 4 is 25.0 Å². The normalized spacial score (nSPS) is 26.9. The molecule has 234 valence electrons. The molecule has 0 spiro atoms. The fourth-order valence-electron chi connectivity index (χ4n) is 8.09. The number of piperidine rings is 1. The van der Waals surface area contributed by atoms with Gasteiger partial charge in [-0.1, -0.05) is 54.8 Å². The molecular weight excluding hydrogens is 555 g/mol. The third-order valence-corrected chi connectivity index (χ3v) is 10.1. The minimum atomic E-state index is -0.963. The zero-order valence-corrected chi connectivity index (χ0v) is 26.0. The fourth-order valence-corrected chi connectivity index (χ4v) is 8.09. The standard InChI is InChI=1S/C35H45BN2O6/c1-3-7-25-19-29-33(35(41)38(34(29)40)26-14-16-37(17-15-26)21-24-8-5-4-6-9-24)30-20-36(42)44-31(32(25)30)13-10-23(2)18-27-11-12-28(22-39)43-27/h4-6,8-9,11-12,18,26,29-31,33,39,42H,3,7,10,13-17,19-22H2,1-2H3/b23-18+/t29-,30+,31-,33-/m1/s1. The summed E-state index contributed by atoms with van der Waals surface area (Å²) < 4.78 is 11.8. The zero-order valence-electron chi connectivity index (χ0n) is 26.0. The van der Waals surface area contributed by atoms with Crippen LogP contribution in [0.4, 0.5) is 0 Å². The molecule has 6 rings (SSSR count). The number of benzene rings is 1. The van der Waals surface area contributed by atoms with Crippen LogP contribution in [0.25, 0.3) is 6.08 Å². The predicted molar refractivity (Wildman–Crippen MR) is 169 cm³/mol. The Morgan fingerprint density at radius 1 is 1.07 bits per heavy atom. The van der Waals surface area contributed by atoms with Crippen LogP contribution in [0.15, 0.2) is 63.6 Å². The van der Waals surface area contributed by atoms with E-state index in [2.05, 4.69) is 36.1 Å². The van der Waals surface area contributed by atoms with Crippen molar-refractivity contribution in [3.8, 4) is 0 Å². The number of hydrogen-bond donors (Lipinski definition) is 2. The average molecular weight is 601 g/mol. The quantitative estimate of drug-likeness (QED) is 0.219. The van der Waals surface area contributed by atoms with Crippen LogP contribution >= 0.6 is 0 Å². The third kappa shape index (κ3) is 6.38. The number of allylic oxidation sites excluding steroid dienone is 2. The lowest BCUT2D eigenvalue weighted by Gasteiger charge is -2.43. The number of amides is 2. The van der Waals surface area contributed by atoms with Gasteiger partial charge in [0, 0.05) is 25.7 Å². The highest BCUT2D eigenvalue weighted by Gasteiger charge is 2.58. The molecule has 44 heavy (non-hydrogen) atoms. The summed E-state index contributed by atoms with van der Waals surface area (Å²) in [5.41, 5.74) is 4.79. The highest BCUT2D eigenvalue weighted by Crippen LogP contribution is 2.52. The Morgan fingerprint density at radius 3 is 2.55 bits per heavy atom. The molecule has 1 aliphatic carbocycles. The molecule has 2 aromatic rings. The zero-order chi connectivity index (χ0) is 30.8. The molecule has 3 aliphatic heterocycles. The van der Waals surface area contributed by atoms with Crippen molar-refractivity contribution in [3.63, 3.8) is 0 Å². The van der Waals surface area contributed by atoms with Crippen LogP contribution in [-0.4, -0.2) is 64.1 Å². The van der Waals surface area contributed by atoms with Crippen molar-refractivity contribution in [1.82, 2.24) is 9.80 Å². The molecule has 0 radical (unpaired) electrons. The van der Waals surface area contributed by atoms with Crippen LogP contribution in [0.1, 0.15) is 75.9 Å². The summed E-state index contributed by atoms with van der Waals surface area (Å²) in [6.45, 7) is 6.66. The van der Waals surface area contributed by atoms with Gasteiger partial charge >= 0.3 is 7.12 Å². The lowest BCUT2D eigenvalue weighted by Crippen LogP contribution is -2.48. The number of likely N-dealkylation sites (tertiary alicyclic amines) is 2. The van der Waals surface area contributed by atoms with Crippen LogP contribution in [0.5, 0.6) is 0 Å². The number of furan rings is 1. The second kappa shape index (κ2) is 13.6. The van der Waals surface area contributed by atoms with Gasteiger partial charge in [0.2, 0.25) is 11.8 Å². The van der Waals surface area contributed by atoms with E-state index in [1.807, 2.05) is 25.1 Å². The van der Waals surface area contributed by atoms with Gasteiger partial charge in [-0.2, -0.15) is 0 Å². The predicted octanol–water partition coefficient (Wildman–Crippen LogP) is 5.22. The summed E-state index contributed by atoms with van der Waals surface area (Å²) in [7, 11) is -0.963. The number of rotatable bonds is 10. The molecule has 2 amide bonds. The van der Waals surface area contributed by atoms with Gasteiger partial charge < -0.3 is 19.2 Å². The van der Waals surface area contributed by atoms with Crippen LogP contribution in [0.2, 0.25) is 6.32 Å². The summed E-state index contributed by atoms with van der Waals surface area (Å²) in [6.07, 6.45) is 7.47. The Bertz CT molecular complexity index is 1390. The SMILES string of the molecule is CCCC1=C2[C@@H](CC/C(C)=C/c3ccc(CO)o3)OB(O)C[C@@H]2[C@@H]2C(=O)N(C3CCN(Cc4ccccc4)CC3)C(=O)[C@@H]2C1. The van der Waals surface area contributed by atoms with Crippen molar-refractivity contribution in [1.29, 1.82) is 0 Å². The molecular formula is C35H45BN2O6. The lowest BCUT2D eigenvalue weighted by atomic mass is 9.58. The van der Waals surface area contributed by atoms with Gasteiger partial charge in [0.1, 0.15) is 18.1 Å². The van der Waals surface area contributed by atoms with Gasteiger partial charge in [0.15, 0.2) is 0 Å². The second-order valence-electron chi connectivity index (χ2n) is 13.1. The van der Waals surface area contributed by atoms with Crippen LogP contribution in [0, 0.1) is 17.8 Å². The summed E-state index contributed by atoms with van der Waals surface area (Å²) in [5.74, 6) is 0.239. The maximum Gasteiger partial charge on any atom is 0.455 e. The smallest absolute Gasteiger partial charge is 0.455 e. The highest BCUT2D eigenvalue weighted by molar-refractivity contribution is 6.43. The number of aliphatic hydroxyl groups excluding tert-OH is 1. The van der Waals surface area contributed by atoms with E-state index in [1.165, 1.54) is 11.1 Å². The first kappa shape index (κ1) is 31.0. The van der Waals surface area contributed by atoms with Crippen molar-refractivity contribution in [2.45, 2.75) is 90.4 Å². The maximum atomic E-state index is 14.2. The molecule has 0 unspecified atom stereocenters. The molecule has 3 fully saturated rings. The van der Waals surface area contributed by atoms with Crippen molar-refractivity contribution in [3.05, 3.63) is 76.3 Å². The van der Waals surface area contributed by atoms with Gasteiger partial charge in [0.25, 0.3) is 0 Å². The van der Waals surface area contributed by atoms with E-state index < -0.39 is 13.0 Å². The highest BCUT2D eigenvalue weighted by atomic mass is 16.5. The largest absolute Gasteiger partial charge is 0.459 e. The van der Waals surface area contributed by atoms with Gasteiger partial charge in [-0.05, 0) is 87.0 Å². The molecule has 3 saturated heterocycles. The van der Waals surface area contributed by atoms with Gasteiger partial charge in [-0.25, -0.2) is 0 Å². The fraction of sp³-hybridized carbons (Fsp3) is 0.543. The summed E-state index contributed by atoms with van der Waals surface area (Å²) in [5, 5.41) is 20.2. The number of fused-ring (bicyclic) bond motifs is 3. The average Bonchev–Trinajstić information content (AvgIpc) is 3.58. The number of carbonyl (C=O) groups excluding carboxylic acids is 2. The Morgan fingerprint density at radius 2 is 1.84 bits per heavy atom. The Labute approximate surface area is 260 Å². The van der Waals surface area contributed by atoms with E-state index in [4.69, 9.17) is 9.07 Å². The molecule has 4 atom stereocenters. The summed E-state index contributed by atoms with van der Waals surface area (Å²) >= 11 is 0. The first-order chi connectivity index (χ1) is 21.4. The molecule has 4 aliphatic rings. The van der Waals surface area contributed by atoms with E-state index in [9.17, 15) is 19.7 Å². The summed E-state index contributed by atoms with van der Waals surface area (Å²) in [6, 6.07) is 14.0. The van der Waals surface area contributed by atoms with E-state index in [0.717, 1.165) is 62.9 Å². The van der Waals surface area contributed by atoms with Gasteiger partial charge in [-0.15, -0.1) is 0 Å². The minimum Gasteiger partial charge on any atom is -0.459 e. The van der Waals surface area contributed by atoms with Crippen LogP contribution in [-0.2, 0) is 27.4 Å². The topological polar surface area (TPSA) is 103 Å². The Kier molecular flexibility index (Phi) is 9.57. The third-order valence-electron chi connectivity index (χ3n) is 10.1. The van der Waals surface area contributed by atoms with E-state index >= 15 is 0 Å². The molecule has 4 heterocycles. The number of aliphatic hydroxyl groups is 1. The number of imide groups is 1. The Balaban J connectivity index is 1.17. The summed E-state index contributed by atoms with van der Waals surface area (Å²) in [4.78, 5) is 32.2. The molecule has 1 aromatic carbocycles. The van der Waals surface area contributed by atoms with E-state index in [0.29, 0.717) is 30.7 Å². The first-order valence-electron chi connectivity index (χ1n) is 16.4. The van der Waals surface area contributed by atoms with E-state index in [-0.39, 0.29) is 42.4 Å². The maximum absolute atomic E-state index is 14.2. The molecule has 8 nitrogen and oxygen atoms in total. The van der Waals surface area contributed by atoms with Crippen molar-refractivity contribution < 1.29 is 28.8 Å². The van der Waals surface area contributed by atoms with E-state index in [1.54, 1.807) is 11.0 Å². The first-order valence-corrected chi connectivity index (χ1v) is 16.4. The van der Waals surface area contributed by atoms with Crippen LogP contribution in [0.3, 0.4) is 0 Å². The van der Waals surface area contributed by atoms with Gasteiger partial charge in [0.05, 0.1) is 17.9 Å². The lowest BCUT2D eigenvalue weighted by molar-refractivity contribution is -0.144. The molecule has 0 bridgehead atoms. The molecule has 1 aromatic heterocycles. The van der Waals surface area contributed by atoms with Crippen molar-refractivity contribution in [2.24, 2.45) is 17.8 Å². The number of hydrogen-bond acceptors (Lipinski definition) is 7. The molecule has 0 saturated carbocycles. The second-order valence-corrected chi connectivity index (χ2v) is 13.1.